The summed E-state index contributed by atoms with van der Waals surface area (Å²) in [5, 5.41) is 0. The van der Waals surface area contributed by atoms with Crippen LogP contribution in [-0.2, 0) is 14.2 Å². The van der Waals surface area contributed by atoms with Gasteiger partial charge in [-0.05, 0) is 0 Å². The maximum Gasteiger partial charge on any atom is 0.375 e. The summed E-state index contributed by atoms with van der Waals surface area (Å²) in [6.07, 6.45) is -1.65. The van der Waals surface area contributed by atoms with Gasteiger partial charge in [-0.2, -0.15) is 26.3 Å². The Labute approximate surface area is 111 Å². The van der Waals surface area contributed by atoms with E-state index in [-0.39, 0.29) is 12.7 Å². The van der Waals surface area contributed by atoms with Crippen LogP contribution in [0.5, 0.6) is 0 Å². The van der Waals surface area contributed by atoms with Crippen LogP contribution in [0.15, 0.2) is 0 Å². The Morgan fingerprint density at radius 1 is 1.20 bits per heavy atom. The van der Waals surface area contributed by atoms with Crippen LogP contribution in [0.3, 0.4) is 0 Å². The average molecular weight is 308 g/mol. The molecule has 2 saturated heterocycles. The summed E-state index contributed by atoms with van der Waals surface area (Å²) in [6, 6.07) is 0. The predicted octanol–water partition coefficient (Wildman–Crippen LogP) is 2.49. The molecule has 3 nitrogen and oxygen atoms in total. The van der Waals surface area contributed by atoms with E-state index in [1.807, 2.05) is 0 Å². The molecular formula is C11H14F6O3. The first-order chi connectivity index (χ1) is 9.10. The Balaban J connectivity index is 2.07. The first-order valence-corrected chi connectivity index (χ1v) is 6.06. The van der Waals surface area contributed by atoms with Crippen LogP contribution in [-0.4, -0.2) is 55.9 Å². The summed E-state index contributed by atoms with van der Waals surface area (Å²) in [5.41, 5.74) is -2.69. The molecule has 2 aliphatic heterocycles. The van der Waals surface area contributed by atoms with E-state index in [2.05, 4.69) is 4.74 Å². The van der Waals surface area contributed by atoms with Gasteiger partial charge in [0.2, 0.25) is 0 Å². The lowest BCUT2D eigenvalue weighted by molar-refractivity contribution is -0.330. The van der Waals surface area contributed by atoms with Gasteiger partial charge in [0, 0.05) is 6.42 Å². The second-order valence-electron chi connectivity index (χ2n) is 4.96. The molecule has 0 saturated carbocycles. The van der Waals surface area contributed by atoms with Crippen molar-refractivity contribution in [3.05, 3.63) is 0 Å². The molecular weight excluding hydrogens is 294 g/mol. The molecule has 2 aliphatic rings. The van der Waals surface area contributed by atoms with Crippen molar-refractivity contribution in [1.29, 1.82) is 0 Å². The van der Waals surface area contributed by atoms with Crippen molar-refractivity contribution in [2.45, 2.75) is 42.8 Å². The molecule has 2 heterocycles. The molecule has 2 atom stereocenters. The Hall–Kier alpha value is -0.540. The molecule has 2 fully saturated rings. The van der Waals surface area contributed by atoms with Gasteiger partial charge in [-0.25, -0.2) is 0 Å². The van der Waals surface area contributed by atoms with E-state index in [0.29, 0.717) is 13.5 Å². The van der Waals surface area contributed by atoms with Crippen LogP contribution in [0.4, 0.5) is 26.3 Å². The zero-order valence-electron chi connectivity index (χ0n) is 10.6. The SMILES string of the molecule is CCC(F)(F)C(F)(F)C(F)(F)C1(COCC2CO2)CO1. The molecule has 9 heteroatoms. The van der Waals surface area contributed by atoms with Crippen molar-refractivity contribution >= 4 is 0 Å². The first kappa shape index (κ1) is 15.8. The van der Waals surface area contributed by atoms with Gasteiger partial charge in [-0.1, -0.05) is 6.92 Å². The minimum Gasteiger partial charge on any atom is -0.375 e. The molecule has 0 radical (unpaired) electrons. The van der Waals surface area contributed by atoms with E-state index in [9.17, 15) is 26.3 Å². The lowest BCUT2D eigenvalue weighted by atomic mass is 9.92. The van der Waals surface area contributed by atoms with Crippen LogP contribution < -0.4 is 0 Å². The number of hydrogen-bond donors (Lipinski definition) is 0. The Morgan fingerprint density at radius 2 is 1.75 bits per heavy atom. The molecule has 20 heavy (non-hydrogen) atoms. The molecule has 0 aromatic heterocycles. The van der Waals surface area contributed by atoms with Gasteiger partial charge < -0.3 is 14.2 Å². The van der Waals surface area contributed by atoms with Crippen molar-refractivity contribution in [2.24, 2.45) is 0 Å². The predicted molar refractivity (Wildman–Crippen MR) is 54.4 cm³/mol. The van der Waals surface area contributed by atoms with Gasteiger partial charge in [0.05, 0.1) is 26.4 Å². The summed E-state index contributed by atoms with van der Waals surface area (Å²) in [5.74, 6) is -15.4. The highest BCUT2D eigenvalue weighted by atomic mass is 19.3. The number of epoxide rings is 2. The molecule has 0 spiro atoms. The fraction of sp³-hybridized carbons (Fsp3) is 1.00. The van der Waals surface area contributed by atoms with E-state index in [4.69, 9.17) is 9.47 Å². The Kier molecular flexibility index (Phi) is 3.75. The van der Waals surface area contributed by atoms with Crippen LogP contribution >= 0.6 is 0 Å². The lowest BCUT2D eigenvalue weighted by Gasteiger charge is -2.35. The second-order valence-corrected chi connectivity index (χ2v) is 4.96. The molecule has 0 aliphatic carbocycles. The van der Waals surface area contributed by atoms with Crippen molar-refractivity contribution in [3.63, 3.8) is 0 Å². The molecule has 2 rings (SSSR count). The van der Waals surface area contributed by atoms with E-state index in [1.165, 1.54) is 0 Å². The van der Waals surface area contributed by atoms with Crippen LogP contribution in [0.1, 0.15) is 13.3 Å². The normalized spacial score (nSPS) is 30.4. The molecule has 0 aromatic carbocycles. The van der Waals surface area contributed by atoms with Crippen LogP contribution in [0.2, 0.25) is 0 Å². The van der Waals surface area contributed by atoms with E-state index < -0.39 is 43.0 Å². The van der Waals surface area contributed by atoms with Crippen molar-refractivity contribution in [3.8, 4) is 0 Å². The molecule has 0 N–H and O–H groups in total. The van der Waals surface area contributed by atoms with Crippen LogP contribution in [0, 0.1) is 0 Å². The number of halogens is 6. The molecule has 0 bridgehead atoms. The van der Waals surface area contributed by atoms with E-state index >= 15 is 0 Å². The summed E-state index contributed by atoms with van der Waals surface area (Å²) in [7, 11) is 0. The highest BCUT2D eigenvalue weighted by Crippen LogP contribution is 2.56. The average Bonchev–Trinajstić information content (AvgIpc) is 3.23. The maximum atomic E-state index is 13.8. The minimum atomic E-state index is -5.51. The maximum absolute atomic E-state index is 13.8. The zero-order valence-corrected chi connectivity index (χ0v) is 10.6. The number of hydrogen-bond acceptors (Lipinski definition) is 3. The number of ether oxygens (including phenoxy) is 3. The van der Waals surface area contributed by atoms with Crippen LogP contribution in [0.25, 0.3) is 0 Å². The molecule has 0 aromatic rings. The zero-order chi connectivity index (χ0) is 15.2. The first-order valence-electron chi connectivity index (χ1n) is 6.06. The minimum absolute atomic E-state index is 0.0586. The van der Waals surface area contributed by atoms with Gasteiger partial charge in [-0.15, -0.1) is 0 Å². The third kappa shape index (κ3) is 2.39. The van der Waals surface area contributed by atoms with Crippen molar-refractivity contribution in [2.75, 3.05) is 26.4 Å². The van der Waals surface area contributed by atoms with Gasteiger partial charge in [0.15, 0.2) is 5.60 Å². The topological polar surface area (TPSA) is 34.3 Å². The van der Waals surface area contributed by atoms with Crippen molar-refractivity contribution in [1.82, 2.24) is 0 Å². The third-order valence-electron chi connectivity index (χ3n) is 3.40. The summed E-state index contributed by atoms with van der Waals surface area (Å²) >= 11 is 0. The highest BCUT2D eigenvalue weighted by molar-refractivity contribution is 5.13. The Morgan fingerprint density at radius 3 is 2.15 bits per heavy atom. The summed E-state index contributed by atoms with van der Waals surface area (Å²) < 4.78 is 94.6. The quantitative estimate of drug-likeness (QED) is 0.510. The van der Waals surface area contributed by atoms with E-state index in [1.54, 1.807) is 0 Å². The molecule has 118 valence electrons. The van der Waals surface area contributed by atoms with Gasteiger partial charge in [0.1, 0.15) is 6.10 Å². The van der Waals surface area contributed by atoms with Crippen molar-refractivity contribution < 1.29 is 40.6 Å². The summed E-state index contributed by atoms with van der Waals surface area (Å²) in [4.78, 5) is 0. The number of rotatable bonds is 8. The van der Waals surface area contributed by atoms with Gasteiger partial charge in [0.25, 0.3) is 0 Å². The highest BCUT2D eigenvalue weighted by Gasteiger charge is 2.82. The molecule has 0 amide bonds. The monoisotopic (exact) mass is 308 g/mol. The fourth-order valence-corrected chi connectivity index (χ4v) is 1.70. The molecule has 2 unspecified atom stereocenters. The second kappa shape index (κ2) is 4.74. The Bertz CT molecular complexity index is 365. The smallest absolute Gasteiger partial charge is 0.375 e. The lowest BCUT2D eigenvalue weighted by Crippen LogP contribution is -2.62. The van der Waals surface area contributed by atoms with Gasteiger partial charge >= 0.3 is 17.8 Å². The largest absolute Gasteiger partial charge is 0.375 e. The number of alkyl halides is 6. The third-order valence-corrected chi connectivity index (χ3v) is 3.40. The standard InChI is InChI=1S/C11H14F6O3/c1-2-9(12,13)11(16,17)10(14,15)8(6-20-8)5-18-3-7-4-19-7/h7H,2-6H2,1H3. The summed E-state index contributed by atoms with van der Waals surface area (Å²) in [6.45, 7) is -0.577. The van der Waals surface area contributed by atoms with E-state index in [0.717, 1.165) is 0 Å². The fourth-order valence-electron chi connectivity index (χ4n) is 1.70. The van der Waals surface area contributed by atoms with Gasteiger partial charge in [-0.3, -0.25) is 0 Å².